The van der Waals surface area contributed by atoms with Gasteiger partial charge >= 0.3 is 0 Å². The fourth-order valence-corrected chi connectivity index (χ4v) is 3.69. The molecule has 130 valence electrons. The molecule has 4 aromatic rings. The minimum atomic E-state index is -0.0607. The number of hydrogen-bond acceptors (Lipinski definition) is 3. The van der Waals surface area contributed by atoms with Crippen LogP contribution in [0.25, 0.3) is 11.0 Å². The number of amides is 1. The number of nitrogens with one attached hydrogen (secondary N) is 1. The second-order valence-corrected chi connectivity index (χ2v) is 7.14. The molecule has 0 aliphatic rings. The molecule has 0 saturated carbocycles. The fraction of sp³-hybridized carbons (Fsp3) is 0.143. The third-order valence-corrected chi connectivity index (χ3v) is 5.34. The predicted octanol–water partition coefficient (Wildman–Crippen LogP) is 4.38. The molecule has 4 rings (SSSR count). The number of para-hydroxylation sites is 2. The molecule has 2 aromatic carbocycles. The molecule has 2 heterocycles. The highest BCUT2D eigenvalue weighted by molar-refractivity contribution is 7.12. The van der Waals surface area contributed by atoms with Gasteiger partial charge in [0.15, 0.2) is 0 Å². The SMILES string of the molecule is Cc1ccccc1Cn1c(CNC(=O)c2cccs2)nc2ccccc21. The largest absolute Gasteiger partial charge is 0.344 e. The van der Waals surface area contributed by atoms with Gasteiger partial charge in [-0.05, 0) is 41.6 Å². The summed E-state index contributed by atoms with van der Waals surface area (Å²) in [6, 6.07) is 20.2. The monoisotopic (exact) mass is 361 g/mol. The third-order valence-electron chi connectivity index (χ3n) is 4.48. The van der Waals surface area contributed by atoms with E-state index in [1.54, 1.807) is 0 Å². The van der Waals surface area contributed by atoms with Crippen LogP contribution in [0.2, 0.25) is 0 Å². The summed E-state index contributed by atoms with van der Waals surface area (Å²) in [5.74, 6) is 0.800. The molecular formula is C21H19N3OS. The summed E-state index contributed by atoms with van der Waals surface area (Å²) in [5.41, 5.74) is 4.53. The normalized spacial score (nSPS) is 11.0. The van der Waals surface area contributed by atoms with Crippen molar-refractivity contribution >= 4 is 28.3 Å². The number of nitrogens with zero attached hydrogens (tertiary/aromatic N) is 2. The minimum Gasteiger partial charge on any atom is -0.344 e. The van der Waals surface area contributed by atoms with E-state index in [9.17, 15) is 4.79 Å². The van der Waals surface area contributed by atoms with Gasteiger partial charge in [0.2, 0.25) is 0 Å². The number of carbonyl (C=O) groups is 1. The van der Waals surface area contributed by atoms with Crippen molar-refractivity contribution in [1.29, 1.82) is 0 Å². The van der Waals surface area contributed by atoms with Crippen molar-refractivity contribution in [2.24, 2.45) is 0 Å². The van der Waals surface area contributed by atoms with E-state index in [0.717, 1.165) is 23.4 Å². The molecule has 4 nitrogen and oxygen atoms in total. The first-order chi connectivity index (χ1) is 12.7. The minimum absolute atomic E-state index is 0.0607. The molecule has 2 aromatic heterocycles. The Bertz CT molecular complexity index is 1050. The maximum Gasteiger partial charge on any atom is 0.261 e. The topological polar surface area (TPSA) is 46.9 Å². The number of hydrogen-bond donors (Lipinski definition) is 1. The lowest BCUT2D eigenvalue weighted by Crippen LogP contribution is -2.24. The number of aromatic nitrogens is 2. The van der Waals surface area contributed by atoms with Crippen molar-refractivity contribution in [2.75, 3.05) is 0 Å². The Morgan fingerprint density at radius 3 is 2.69 bits per heavy atom. The maximum atomic E-state index is 12.3. The molecule has 0 unspecified atom stereocenters. The summed E-state index contributed by atoms with van der Waals surface area (Å²) in [4.78, 5) is 17.7. The molecular weight excluding hydrogens is 342 g/mol. The van der Waals surface area contributed by atoms with Gasteiger partial charge in [0, 0.05) is 6.54 Å². The van der Waals surface area contributed by atoms with Crippen LogP contribution in [0, 0.1) is 6.92 Å². The van der Waals surface area contributed by atoms with Gasteiger partial charge in [-0.3, -0.25) is 4.79 Å². The van der Waals surface area contributed by atoms with Crippen LogP contribution in [0.3, 0.4) is 0 Å². The molecule has 0 fully saturated rings. The molecule has 0 saturated heterocycles. The first kappa shape index (κ1) is 16.5. The van der Waals surface area contributed by atoms with Crippen molar-refractivity contribution in [2.45, 2.75) is 20.0 Å². The van der Waals surface area contributed by atoms with Crippen LogP contribution in [0.15, 0.2) is 66.0 Å². The molecule has 0 aliphatic carbocycles. The van der Waals surface area contributed by atoms with Gasteiger partial charge in [-0.2, -0.15) is 0 Å². The van der Waals surface area contributed by atoms with Gasteiger partial charge in [-0.1, -0.05) is 42.5 Å². The van der Waals surface area contributed by atoms with E-state index in [4.69, 9.17) is 4.98 Å². The maximum absolute atomic E-state index is 12.3. The van der Waals surface area contributed by atoms with E-state index in [1.165, 1.54) is 22.5 Å². The highest BCUT2D eigenvalue weighted by Gasteiger charge is 2.13. The first-order valence-corrected chi connectivity index (χ1v) is 9.40. The number of fused-ring (bicyclic) bond motifs is 1. The third kappa shape index (κ3) is 3.26. The zero-order valence-electron chi connectivity index (χ0n) is 14.5. The summed E-state index contributed by atoms with van der Waals surface area (Å²) in [7, 11) is 0. The number of rotatable bonds is 5. The van der Waals surface area contributed by atoms with Gasteiger partial charge in [0.05, 0.1) is 22.5 Å². The Balaban J connectivity index is 1.65. The molecule has 1 N–H and O–H groups in total. The molecule has 1 amide bonds. The first-order valence-electron chi connectivity index (χ1n) is 8.53. The van der Waals surface area contributed by atoms with Gasteiger partial charge in [-0.15, -0.1) is 11.3 Å². The molecule has 5 heteroatoms. The highest BCUT2D eigenvalue weighted by atomic mass is 32.1. The molecule has 0 radical (unpaired) electrons. The smallest absolute Gasteiger partial charge is 0.261 e. The summed E-state index contributed by atoms with van der Waals surface area (Å²) in [6.45, 7) is 3.25. The molecule has 0 aliphatic heterocycles. The number of imidazole rings is 1. The van der Waals surface area contributed by atoms with Crippen molar-refractivity contribution in [3.8, 4) is 0 Å². The van der Waals surface area contributed by atoms with E-state index in [2.05, 4.69) is 41.1 Å². The van der Waals surface area contributed by atoms with Crippen molar-refractivity contribution in [3.05, 3.63) is 87.9 Å². The van der Waals surface area contributed by atoms with Crippen molar-refractivity contribution < 1.29 is 4.79 Å². The number of carbonyl (C=O) groups excluding carboxylic acids is 1. The van der Waals surface area contributed by atoms with Crippen LogP contribution in [0.1, 0.15) is 26.6 Å². The Labute approximate surface area is 156 Å². The summed E-state index contributed by atoms with van der Waals surface area (Å²) >= 11 is 1.44. The van der Waals surface area contributed by atoms with Crippen LogP contribution in [0.5, 0.6) is 0 Å². The van der Waals surface area contributed by atoms with Crippen LogP contribution < -0.4 is 5.32 Å². The van der Waals surface area contributed by atoms with Crippen LogP contribution in [-0.4, -0.2) is 15.5 Å². The fourth-order valence-electron chi connectivity index (χ4n) is 3.05. The molecule has 0 atom stereocenters. The Kier molecular flexibility index (Phi) is 4.54. The van der Waals surface area contributed by atoms with E-state index in [0.29, 0.717) is 11.4 Å². The molecule has 26 heavy (non-hydrogen) atoms. The lowest BCUT2D eigenvalue weighted by Gasteiger charge is -2.12. The lowest BCUT2D eigenvalue weighted by atomic mass is 10.1. The second-order valence-electron chi connectivity index (χ2n) is 6.19. The average Bonchev–Trinajstić information content (AvgIpc) is 3.30. The predicted molar refractivity (Wildman–Crippen MR) is 106 cm³/mol. The van der Waals surface area contributed by atoms with Crippen LogP contribution >= 0.6 is 11.3 Å². The zero-order valence-corrected chi connectivity index (χ0v) is 15.3. The van der Waals surface area contributed by atoms with E-state index in [1.807, 2.05) is 41.8 Å². The number of benzene rings is 2. The van der Waals surface area contributed by atoms with Gasteiger partial charge in [0.25, 0.3) is 5.91 Å². The lowest BCUT2D eigenvalue weighted by molar-refractivity contribution is 0.0953. The van der Waals surface area contributed by atoms with E-state index >= 15 is 0 Å². The average molecular weight is 361 g/mol. The second kappa shape index (κ2) is 7.14. The number of aryl methyl sites for hydroxylation is 1. The standard InChI is InChI=1S/C21H19N3OS/c1-15-7-2-3-8-16(15)14-24-18-10-5-4-9-17(18)23-20(24)13-22-21(25)19-11-6-12-26-19/h2-12H,13-14H2,1H3,(H,22,25). The van der Waals surface area contributed by atoms with Crippen molar-refractivity contribution in [1.82, 2.24) is 14.9 Å². The summed E-state index contributed by atoms with van der Waals surface area (Å²) in [5, 5.41) is 4.90. The summed E-state index contributed by atoms with van der Waals surface area (Å²) < 4.78 is 2.19. The Hall–Kier alpha value is -2.92. The van der Waals surface area contributed by atoms with Crippen LogP contribution in [-0.2, 0) is 13.1 Å². The quantitative estimate of drug-likeness (QED) is 0.573. The van der Waals surface area contributed by atoms with Gasteiger partial charge in [0.1, 0.15) is 5.82 Å². The van der Waals surface area contributed by atoms with Gasteiger partial charge < -0.3 is 9.88 Å². The molecule has 0 spiro atoms. The summed E-state index contributed by atoms with van der Waals surface area (Å²) in [6.07, 6.45) is 0. The number of thiophene rings is 1. The van der Waals surface area contributed by atoms with Gasteiger partial charge in [-0.25, -0.2) is 4.98 Å². The zero-order chi connectivity index (χ0) is 17.9. The van der Waals surface area contributed by atoms with Crippen LogP contribution in [0.4, 0.5) is 0 Å². The van der Waals surface area contributed by atoms with E-state index < -0.39 is 0 Å². The highest BCUT2D eigenvalue weighted by Crippen LogP contribution is 2.19. The Morgan fingerprint density at radius 2 is 1.88 bits per heavy atom. The Morgan fingerprint density at radius 1 is 1.08 bits per heavy atom. The molecule has 0 bridgehead atoms. The van der Waals surface area contributed by atoms with Crippen molar-refractivity contribution in [3.63, 3.8) is 0 Å². The van der Waals surface area contributed by atoms with E-state index in [-0.39, 0.29) is 5.91 Å².